The van der Waals surface area contributed by atoms with Gasteiger partial charge in [0.05, 0.1) is 13.0 Å². The Morgan fingerprint density at radius 3 is 2.44 bits per heavy atom. The maximum absolute atomic E-state index is 11.8. The van der Waals surface area contributed by atoms with Crippen molar-refractivity contribution in [3.8, 4) is 0 Å². The van der Waals surface area contributed by atoms with Crippen LogP contribution in [0.15, 0.2) is 0 Å². The van der Waals surface area contributed by atoms with Crippen LogP contribution in [0.1, 0.15) is 19.3 Å². The second-order valence-corrected chi connectivity index (χ2v) is 4.48. The zero-order valence-electron chi connectivity index (χ0n) is 10.2. The van der Waals surface area contributed by atoms with Crippen molar-refractivity contribution in [3.63, 3.8) is 0 Å². The number of carbonyl (C=O) groups excluding carboxylic acids is 1. The average Bonchev–Trinajstić information content (AvgIpc) is 2.33. The summed E-state index contributed by atoms with van der Waals surface area (Å²) in [4.78, 5) is 13.3. The minimum Gasteiger partial charge on any atom is -0.372 e. The standard InChI is InChI=1S/C11H19F3N2O2/c12-11(13,14)8-18-6-3-10(17)16-4-1-9(7-15)2-5-16/h9H,1-8,15H2. The molecule has 0 saturated carbocycles. The topological polar surface area (TPSA) is 55.6 Å². The third kappa shape index (κ3) is 5.68. The number of amides is 1. The summed E-state index contributed by atoms with van der Waals surface area (Å²) < 4.78 is 39.8. The van der Waals surface area contributed by atoms with Crippen molar-refractivity contribution in [2.75, 3.05) is 32.8 Å². The van der Waals surface area contributed by atoms with Gasteiger partial charge in [0, 0.05) is 13.1 Å². The van der Waals surface area contributed by atoms with E-state index in [4.69, 9.17) is 5.73 Å². The number of rotatable bonds is 5. The van der Waals surface area contributed by atoms with E-state index in [2.05, 4.69) is 4.74 Å². The molecule has 1 amide bonds. The number of hydrogen-bond acceptors (Lipinski definition) is 3. The van der Waals surface area contributed by atoms with Crippen molar-refractivity contribution >= 4 is 5.91 Å². The number of likely N-dealkylation sites (tertiary alicyclic amines) is 1. The van der Waals surface area contributed by atoms with Crippen molar-refractivity contribution in [3.05, 3.63) is 0 Å². The molecule has 0 aromatic rings. The largest absolute Gasteiger partial charge is 0.411 e. The van der Waals surface area contributed by atoms with Gasteiger partial charge < -0.3 is 15.4 Å². The van der Waals surface area contributed by atoms with E-state index in [0.717, 1.165) is 12.8 Å². The molecule has 1 rings (SSSR count). The molecule has 7 heteroatoms. The summed E-state index contributed by atoms with van der Waals surface area (Å²) in [6.45, 7) is 0.418. The number of halogens is 3. The fourth-order valence-corrected chi connectivity index (χ4v) is 1.92. The minimum absolute atomic E-state index is 0.00334. The van der Waals surface area contributed by atoms with E-state index in [1.54, 1.807) is 4.90 Å². The Morgan fingerprint density at radius 1 is 1.33 bits per heavy atom. The normalized spacial score (nSPS) is 18.1. The van der Waals surface area contributed by atoms with Crippen molar-refractivity contribution in [2.24, 2.45) is 11.7 Å². The number of hydrogen-bond donors (Lipinski definition) is 1. The summed E-state index contributed by atoms with van der Waals surface area (Å²) in [5.74, 6) is 0.308. The van der Waals surface area contributed by atoms with Gasteiger partial charge in [0.15, 0.2) is 0 Å². The first-order chi connectivity index (χ1) is 8.42. The zero-order valence-corrected chi connectivity index (χ0v) is 10.2. The highest BCUT2D eigenvalue weighted by molar-refractivity contribution is 5.76. The lowest BCUT2D eigenvalue weighted by Gasteiger charge is -2.31. The Labute approximate surface area is 104 Å². The molecule has 0 aromatic carbocycles. The highest BCUT2D eigenvalue weighted by atomic mass is 19.4. The van der Waals surface area contributed by atoms with E-state index in [0.29, 0.717) is 25.6 Å². The molecule has 18 heavy (non-hydrogen) atoms. The molecular formula is C11H19F3N2O2. The van der Waals surface area contributed by atoms with Gasteiger partial charge in [-0.3, -0.25) is 4.79 Å². The molecule has 1 fully saturated rings. The first-order valence-corrected chi connectivity index (χ1v) is 6.04. The molecule has 0 aromatic heterocycles. The third-order valence-corrected chi connectivity index (χ3v) is 3.03. The first-order valence-electron chi connectivity index (χ1n) is 6.04. The molecule has 106 valence electrons. The van der Waals surface area contributed by atoms with Gasteiger partial charge in [0.25, 0.3) is 0 Å². The minimum atomic E-state index is -4.33. The summed E-state index contributed by atoms with van der Waals surface area (Å²) in [7, 11) is 0. The Bertz CT molecular complexity index is 264. The number of piperidine rings is 1. The van der Waals surface area contributed by atoms with Gasteiger partial charge in [-0.2, -0.15) is 13.2 Å². The van der Waals surface area contributed by atoms with Crippen LogP contribution in [0.3, 0.4) is 0 Å². The summed E-state index contributed by atoms with van der Waals surface area (Å²) in [5.41, 5.74) is 5.53. The van der Waals surface area contributed by atoms with E-state index in [1.807, 2.05) is 0 Å². The van der Waals surface area contributed by atoms with Crippen molar-refractivity contribution in [2.45, 2.75) is 25.4 Å². The van der Waals surface area contributed by atoms with Crippen LogP contribution < -0.4 is 5.73 Å². The molecule has 0 spiro atoms. The fourth-order valence-electron chi connectivity index (χ4n) is 1.92. The number of ether oxygens (including phenoxy) is 1. The molecule has 0 aliphatic carbocycles. The first kappa shape index (κ1) is 15.2. The van der Waals surface area contributed by atoms with Gasteiger partial charge in [-0.25, -0.2) is 0 Å². The number of nitrogens with zero attached hydrogens (tertiary/aromatic N) is 1. The van der Waals surface area contributed by atoms with Gasteiger partial charge in [-0.15, -0.1) is 0 Å². The highest BCUT2D eigenvalue weighted by Crippen LogP contribution is 2.17. The maximum atomic E-state index is 11.8. The van der Waals surface area contributed by atoms with Crippen LogP contribution in [0.4, 0.5) is 13.2 Å². The van der Waals surface area contributed by atoms with E-state index in [9.17, 15) is 18.0 Å². The zero-order chi connectivity index (χ0) is 13.6. The monoisotopic (exact) mass is 268 g/mol. The Morgan fingerprint density at radius 2 is 1.94 bits per heavy atom. The molecule has 1 heterocycles. The van der Waals surface area contributed by atoms with Crippen LogP contribution in [-0.4, -0.2) is 49.8 Å². The van der Waals surface area contributed by atoms with Crippen LogP contribution in [0, 0.1) is 5.92 Å². The Balaban J connectivity index is 2.14. The number of alkyl halides is 3. The molecule has 2 N–H and O–H groups in total. The van der Waals surface area contributed by atoms with E-state index in [1.165, 1.54) is 0 Å². The fraction of sp³-hybridized carbons (Fsp3) is 0.909. The second kappa shape index (κ2) is 6.94. The Hall–Kier alpha value is -0.820. The van der Waals surface area contributed by atoms with E-state index < -0.39 is 12.8 Å². The van der Waals surface area contributed by atoms with Gasteiger partial charge in [-0.1, -0.05) is 0 Å². The van der Waals surface area contributed by atoms with Gasteiger partial charge in [0.1, 0.15) is 6.61 Å². The van der Waals surface area contributed by atoms with Crippen LogP contribution >= 0.6 is 0 Å². The quantitative estimate of drug-likeness (QED) is 0.761. The lowest BCUT2D eigenvalue weighted by Crippen LogP contribution is -2.40. The van der Waals surface area contributed by atoms with Gasteiger partial charge in [0.2, 0.25) is 5.91 Å². The lowest BCUT2D eigenvalue weighted by atomic mass is 9.97. The molecule has 1 aliphatic rings. The van der Waals surface area contributed by atoms with Crippen LogP contribution in [-0.2, 0) is 9.53 Å². The highest BCUT2D eigenvalue weighted by Gasteiger charge is 2.27. The summed E-state index contributed by atoms with van der Waals surface area (Å²) in [6, 6.07) is 0. The van der Waals surface area contributed by atoms with Gasteiger partial charge >= 0.3 is 6.18 Å². The number of nitrogens with two attached hydrogens (primary N) is 1. The van der Waals surface area contributed by atoms with E-state index >= 15 is 0 Å². The van der Waals surface area contributed by atoms with Crippen molar-refractivity contribution < 1.29 is 22.7 Å². The smallest absolute Gasteiger partial charge is 0.372 e. The summed E-state index contributed by atoms with van der Waals surface area (Å²) in [6.07, 6.45) is -2.59. The van der Waals surface area contributed by atoms with Crippen LogP contribution in [0.25, 0.3) is 0 Å². The number of carbonyl (C=O) groups is 1. The molecule has 4 nitrogen and oxygen atoms in total. The lowest BCUT2D eigenvalue weighted by molar-refractivity contribution is -0.175. The molecule has 1 aliphatic heterocycles. The third-order valence-electron chi connectivity index (χ3n) is 3.03. The second-order valence-electron chi connectivity index (χ2n) is 4.48. The summed E-state index contributed by atoms with van der Waals surface area (Å²) in [5, 5.41) is 0. The molecule has 0 radical (unpaired) electrons. The summed E-state index contributed by atoms with van der Waals surface area (Å²) >= 11 is 0. The molecule has 0 bridgehead atoms. The van der Waals surface area contributed by atoms with Gasteiger partial charge in [-0.05, 0) is 25.3 Å². The van der Waals surface area contributed by atoms with Crippen LogP contribution in [0.2, 0.25) is 0 Å². The maximum Gasteiger partial charge on any atom is 0.411 e. The SMILES string of the molecule is NCC1CCN(C(=O)CCOCC(F)(F)F)CC1. The molecular weight excluding hydrogens is 249 g/mol. The molecule has 1 saturated heterocycles. The molecule has 0 atom stereocenters. The Kier molecular flexibility index (Phi) is 5.87. The van der Waals surface area contributed by atoms with Crippen molar-refractivity contribution in [1.82, 2.24) is 4.90 Å². The van der Waals surface area contributed by atoms with E-state index in [-0.39, 0.29) is 18.9 Å². The predicted molar refractivity (Wildman–Crippen MR) is 59.8 cm³/mol. The average molecular weight is 268 g/mol. The predicted octanol–water partition coefficient (Wildman–Crippen LogP) is 1.15. The molecule has 0 unspecified atom stereocenters. The van der Waals surface area contributed by atoms with Crippen LogP contribution in [0.5, 0.6) is 0 Å². The van der Waals surface area contributed by atoms with Crippen molar-refractivity contribution in [1.29, 1.82) is 0 Å².